The van der Waals surface area contributed by atoms with Crippen molar-refractivity contribution in [1.29, 1.82) is 0 Å². The molecule has 5 heteroatoms. The smallest absolute Gasteiger partial charge is 0.417 e. The maximum absolute atomic E-state index is 12.9. The van der Waals surface area contributed by atoms with Crippen LogP contribution in [0.3, 0.4) is 0 Å². The van der Waals surface area contributed by atoms with Crippen molar-refractivity contribution < 1.29 is 17.9 Å². The van der Waals surface area contributed by atoms with E-state index >= 15 is 0 Å². The summed E-state index contributed by atoms with van der Waals surface area (Å²) in [4.78, 5) is 4.24. The van der Waals surface area contributed by atoms with E-state index in [1.807, 2.05) is 24.3 Å². The molecule has 0 aliphatic rings. The summed E-state index contributed by atoms with van der Waals surface area (Å²) in [5.74, 6) is 5.70. The highest BCUT2D eigenvalue weighted by Crippen LogP contribution is 2.31. The Hall–Kier alpha value is -3.00. The monoisotopic (exact) mass is 327 g/mol. The topological polar surface area (TPSA) is 22.1 Å². The van der Waals surface area contributed by atoms with Crippen molar-refractivity contribution >= 4 is 10.9 Å². The SMILES string of the molecule is FC(F)(F)c1ccccc1C#CCOc1cccc2cccnc12. The van der Waals surface area contributed by atoms with E-state index in [9.17, 15) is 13.2 Å². The first kappa shape index (κ1) is 15.9. The standard InChI is InChI=1S/C19H12F3NO/c20-19(21,22)16-10-2-1-6-14(16)9-5-13-24-17-11-3-7-15-8-4-12-23-18(15)17/h1-4,6-8,10-12H,13H2. The molecule has 0 saturated heterocycles. The molecule has 2 nitrogen and oxygen atoms in total. The summed E-state index contributed by atoms with van der Waals surface area (Å²) in [5, 5.41) is 0.922. The second-order valence-corrected chi connectivity index (χ2v) is 4.97. The Morgan fingerprint density at radius 3 is 2.58 bits per heavy atom. The van der Waals surface area contributed by atoms with Gasteiger partial charge in [0.25, 0.3) is 0 Å². The number of alkyl halides is 3. The average molecular weight is 327 g/mol. The van der Waals surface area contributed by atoms with Gasteiger partial charge in [-0.1, -0.05) is 42.2 Å². The second kappa shape index (κ2) is 6.63. The quantitative estimate of drug-likeness (QED) is 0.637. The third kappa shape index (κ3) is 3.49. The lowest BCUT2D eigenvalue weighted by molar-refractivity contribution is -0.137. The third-order valence-corrected chi connectivity index (χ3v) is 3.35. The Morgan fingerprint density at radius 2 is 1.75 bits per heavy atom. The van der Waals surface area contributed by atoms with E-state index in [1.165, 1.54) is 18.2 Å². The highest BCUT2D eigenvalue weighted by molar-refractivity contribution is 5.84. The van der Waals surface area contributed by atoms with Crippen LogP contribution in [0.25, 0.3) is 10.9 Å². The van der Waals surface area contributed by atoms with Gasteiger partial charge in [0, 0.05) is 17.1 Å². The van der Waals surface area contributed by atoms with Gasteiger partial charge in [0.15, 0.2) is 0 Å². The van der Waals surface area contributed by atoms with Gasteiger partial charge in [-0.3, -0.25) is 4.98 Å². The molecule has 24 heavy (non-hydrogen) atoms. The van der Waals surface area contributed by atoms with Crippen LogP contribution in [0.15, 0.2) is 60.8 Å². The molecule has 1 aromatic heterocycles. The highest BCUT2D eigenvalue weighted by atomic mass is 19.4. The summed E-state index contributed by atoms with van der Waals surface area (Å²) >= 11 is 0. The Labute approximate surface area is 136 Å². The molecular weight excluding hydrogens is 315 g/mol. The molecule has 0 fully saturated rings. The van der Waals surface area contributed by atoms with Crippen LogP contribution < -0.4 is 4.74 Å². The molecule has 0 bridgehead atoms. The molecule has 0 radical (unpaired) electrons. The van der Waals surface area contributed by atoms with Crippen molar-refractivity contribution in [3.05, 3.63) is 71.9 Å². The first-order valence-corrected chi connectivity index (χ1v) is 7.17. The number of pyridine rings is 1. The zero-order valence-electron chi connectivity index (χ0n) is 12.5. The number of nitrogens with zero attached hydrogens (tertiary/aromatic N) is 1. The molecule has 3 rings (SSSR count). The van der Waals surface area contributed by atoms with Crippen LogP contribution in [-0.2, 0) is 6.18 Å². The average Bonchev–Trinajstić information content (AvgIpc) is 2.58. The molecule has 0 spiro atoms. The fourth-order valence-electron chi connectivity index (χ4n) is 2.28. The molecule has 0 aliphatic heterocycles. The van der Waals surface area contributed by atoms with Crippen LogP contribution in [0.5, 0.6) is 5.75 Å². The lowest BCUT2D eigenvalue weighted by Gasteiger charge is -2.08. The van der Waals surface area contributed by atoms with Crippen LogP contribution >= 0.6 is 0 Å². The first-order chi connectivity index (χ1) is 11.6. The number of hydrogen-bond donors (Lipinski definition) is 0. The molecule has 0 N–H and O–H groups in total. The minimum atomic E-state index is -4.42. The van der Waals surface area contributed by atoms with E-state index in [4.69, 9.17) is 4.74 Å². The zero-order chi connectivity index (χ0) is 17.0. The maximum Gasteiger partial charge on any atom is 0.417 e. The fourth-order valence-corrected chi connectivity index (χ4v) is 2.28. The third-order valence-electron chi connectivity index (χ3n) is 3.35. The van der Waals surface area contributed by atoms with E-state index in [2.05, 4.69) is 16.8 Å². The molecule has 0 saturated carbocycles. The van der Waals surface area contributed by atoms with Crippen molar-refractivity contribution in [2.45, 2.75) is 6.18 Å². The van der Waals surface area contributed by atoms with Crippen LogP contribution in [0.2, 0.25) is 0 Å². The Balaban J connectivity index is 1.78. The van der Waals surface area contributed by atoms with Crippen molar-refractivity contribution in [1.82, 2.24) is 4.98 Å². The summed E-state index contributed by atoms with van der Waals surface area (Å²) in [5.41, 5.74) is -0.119. The van der Waals surface area contributed by atoms with Gasteiger partial charge in [0.2, 0.25) is 0 Å². The van der Waals surface area contributed by atoms with Gasteiger partial charge < -0.3 is 4.74 Å². The van der Waals surface area contributed by atoms with Crippen molar-refractivity contribution in [3.8, 4) is 17.6 Å². The lowest BCUT2D eigenvalue weighted by atomic mass is 10.1. The normalized spacial score (nSPS) is 11.0. The molecule has 2 aromatic carbocycles. The van der Waals surface area contributed by atoms with Gasteiger partial charge in [0.05, 0.1) is 5.56 Å². The van der Waals surface area contributed by atoms with Crippen molar-refractivity contribution in [2.24, 2.45) is 0 Å². The number of hydrogen-bond acceptors (Lipinski definition) is 2. The largest absolute Gasteiger partial charge is 0.479 e. The summed E-state index contributed by atoms with van der Waals surface area (Å²) in [6, 6.07) is 14.4. The van der Waals surface area contributed by atoms with Gasteiger partial charge >= 0.3 is 6.18 Å². The molecule has 0 atom stereocenters. The predicted molar refractivity (Wildman–Crippen MR) is 85.6 cm³/mol. The Bertz CT molecular complexity index is 918. The van der Waals surface area contributed by atoms with Gasteiger partial charge in [-0.05, 0) is 24.3 Å². The Morgan fingerprint density at radius 1 is 0.958 bits per heavy atom. The number of fused-ring (bicyclic) bond motifs is 1. The molecule has 120 valence electrons. The molecule has 3 aromatic rings. The van der Waals surface area contributed by atoms with E-state index < -0.39 is 11.7 Å². The number of rotatable bonds is 2. The van der Waals surface area contributed by atoms with Gasteiger partial charge in [-0.25, -0.2) is 0 Å². The first-order valence-electron chi connectivity index (χ1n) is 7.17. The van der Waals surface area contributed by atoms with Crippen LogP contribution in [0.4, 0.5) is 13.2 Å². The fraction of sp³-hybridized carbons (Fsp3) is 0.105. The number of ether oxygens (including phenoxy) is 1. The summed E-state index contributed by atoms with van der Waals surface area (Å²) < 4.78 is 44.2. The van der Waals surface area contributed by atoms with Crippen molar-refractivity contribution in [3.63, 3.8) is 0 Å². The maximum atomic E-state index is 12.9. The van der Waals surface area contributed by atoms with E-state index in [0.29, 0.717) is 11.3 Å². The summed E-state index contributed by atoms with van der Waals surface area (Å²) in [6.07, 6.45) is -2.77. The van der Waals surface area contributed by atoms with Gasteiger partial charge in [-0.2, -0.15) is 13.2 Å². The van der Waals surface area contributed by atoms with E-state index in [0.717, 1.165) is 11.5 Å². The predicted octanol–water partition coefficient (Wildman–Crippen LogP) is 4.68. The number of halogens is 3. The second-order valence-electron chi connectivity index (χ2n) is 4.97. The van der Waals surface area contributed by atoms with E-state index in [1.54, 1.807) is 12.3 Å². The summed E-state index contributed by atoms with van der Waals surface area (Å²) in [6.45, 7) is -0.0259. The number of para-hydroxylation sites is 1. The molecule has 1 heterocycles. The van der Waals surface area contributed by atoms with Gasteiger partial charge in [0.1, 0.15) is 17.9 Å². The van der Waals surface area contributed by atoms with E-state index in [-0.39, 0.29) is 12.2 Å². The lowest BCUT2D eigenvalue weighted by Crippen LogP contribution is -2.07. The zero-order valence-corrected chi connectivity index (χ0v) is 12.5. The Kier molecular flexibility index (Phi) is 4.39. The van der Waals surface area contributed by atoms with Crippen molar-refractivity contribution in [2.75, 3.05) is 6.61 Å². The van der Waals surface area contributed by atoms with Crippen LogP contribution in [-0.4, -0.2) is 11.6 Å². The minimum absolute atomic E-state index is 0.0259. The van der Waals surface area contributed by atoms with Crippen LogP contribution in [0.1, 0.15) is 11.1 Å². The molecule has 0 unspecified atom stereocenters. The number of aromatic nitrogens is 1. The van der Waals surface area contributed by atoms with Crippen LogP contribution in [0, 0.1) is 11.8 Å². The molecule has 0 amide bonds. The highest BCUT2D eigenvalue weighted by Gasteiger charge is 2.32. The molecule has 0 aliphatic carbocycles. The minimum Gasteiger partial charge on any atom is -0.479 e. The molecular formula is C19H12F3NO. The number of benzene rings is 2. The van der Waals surface area contributed by atoms with Gasteiger partial charge in [-0.15, -0.1) is 0 Å². The summed E-state index contributed by atoms with van der Waals surface area (Å²) in [7, 11) is 0.